The fourth-order valence-corrected chi connectivity index (χ4v) is 2.11. The number of rotatable bonds is 4. The van der Waals surface area contributed by atoms with Crippen LogP contribution in [0.3, 0.4) is 0 Å². The number of thiocarbonyl (C=S) groups is 1. The van der Waals surface area contributed by atoms with Gasteiger partial charge in [-0.15, -0.1) is 0 Å². The molecule has 0 aromatic heterocycles. The lowest BCUT2D eigenvalue weighted by molar-refractivity contribution is 1.39. The summed E-state index contributed by atoms with van der Waals surface area (Å²) in [4.78, 5) is 0. The fourth-order valence-electron chi connectivity index (χ4n) is 1.80. The van der Waals surface area contributed by atoms with Crippen LogP contribution in [0, 0.1) is 0 Å². The molecule has 0 amide bonds. The number of hydrogen-bond donors (Lipinski definition) is 1. The Morgan fingerprint density at radius 1 is 0.944 bits per heavy atom. The molecule has 90 valence electrons. The number of hydrogen-bond acceptors (Lipinski definition) is 2. The van der Waals surface area contributed by atoms with Gasteiger partial charge in [-0.05, 0) is 24.6 Å². The zero-order chi connectivity index (χ0) is 12.8. The molecule has 0 radical (unpaired) electrons. The molecule has 0 spiro atoms. The molecule has 2 aromatic carbocycles. The molecule has 0 heterocycles. The van der Waals surface area contributed by atoms with Crippen molar-refractivity contribution in [2.75, 3.05) is 5.32 Å². The van der Waals surface area contributed by atoms with Crippen LogP contribution in [0.25, 0.3) is 5.57 Å². The molecule has 2 heteroatoms. The van der Waals surface area contributed by atoms with Crippen LogP contribution in [-0.4, -0.2) is 5.37 Å². The predicted octanol–water partition coefficient (Wildman–Crippen LogP) is 4.53. The summed E-state index contributed by atoms with van der Waals surface area (Å²) in [5.41, 5.74) is 4.31. The van der Waals surface area contributed by atoms with Gasteiger partial charge in [0.15, 0.2) is 0 Å². The van der Waals surface area contributed by atoms with E-state index in [0.717, 1.165) is 22.5 Å². The van der Waals surface area contributed by atoms with Crippen LogP contribution in [0.4, 0.5) is 5.69 Å². The predicted molar refractivity (Wildman–Crippen MR) is 82.8 cm³/mol. The first-order valence-electron chi connectivity index (χ1n) is 5.85. The van der Waals surface area contributed by atoms with Gasteiger partial charge in [-0.3, -0.25) is 0 Å². The summed E-state index contributed by atoms with van der Waals surface area (Å²) < 4.78 is 0. The molecule has 0 unspecified atom stereocenters. The first kappa shape index (κ1) is 12.5. The number of anilines is 1. The molecular weight excluding hydrogens is 238 g/mol. The van der Waals surface area contributed by atoms with Crippen LogP contribution in [0.15, 0.2) is 66.4 Å². The van der Waals surface area contributed by atoms with E-state index in [0.29, 0.717) is 0 Å². The molecule has 0 atom stereocenters. The van der Waals surface area contributed by atoms with Crippen molar-refractivity contribution in [3.63, 3.8) is 0 Å². The zero-order valence-electron chi connectivity index (χ0n) is 10.3. The molecule has 18 heavy (non-hydrogen) atoms. The molecule has 0 saturated heterocycles. The van der Waals surface area contributed by atoms with Gasteiger partial charge >= 0.3 is 0 Å². The summed E-state index contributed by atoms with van der Waals surface area (Å²) in [6.45, 7) is 2.04. The molecule has 0 aliphatic rings. The molecular formula is C16H15NS. The monoisotopic (exact) mass is 253 g/mol. The van der Waals surface area contributed by atoms with Gasteiger partial charge in [0.25, 0.3) is 0 Å². The maximum Gasteiger partial charge on any atom is 0.0381 e. The molecule has 0 fully saturated rings. The molecule has 0 bridgehead atoms. The molecule has 2 aromatic rings. The third-order valence-corrected chi connectivity index (χ3v) is 2.95. The number of para-hydroxylation sites is 1. The minimum atomic E-state index is 1.05. The van der Waals surface area contributed by atoms with Crippen molar-refractivity contribution >= 4 is 28.8 Å². The van der Waals surface area contributed by atoms with Gasteiger partial charge in [-0.2, -0.15) is 0 Å². The van der Waals surface area contributed by atoms with Crippen molar-refractivity contribution in [1.29, 1.82) is 0 Å². The lowest BCUT2D eigenvalue weighted by Gasteiger charge is -2.11. The van der Waals surface area contributed by atoms with E-state index in [4.69, 9.17) is 12.2 Å². The Balaban J connectivity index is 2.30. The van der Waals surface area contributed by atoms with Crippen LogP contribution in [-0.2, 0) is 0 Å². The number of benzene rings is 2. The SMILES string of the molecule is CC(Nc1ccccc1)=C(C=S)c1ccccc1. The Morgan fingerprint density at radius 2 is 1.50 bits per heavy atom. The minimum Gasteiger partial charge on any atom is -0.359 e. The largest absolute Gasteiger partial charge is 0.359 e. The molecule has 2 rings (SSSR count). The molecule has 0 aliphatic carbocycles. The third kappa shape index (κ3) is 3.05. The second-order valence-electron chi connectivity index (χ2n) is 4.01. The highest BCUT2D eigenvalue weighted by Gasteiger charge is 2.02. The van der Waals surface area contributed by atoms with Gasteiger partial charge in [-0.25, -0.2) is 0 Å². The Labute approximate surface area is 113 Å². The molecule has 1 nitrogen and oxygen atoms in total. The summed E-state index contributed by atoms with van der Waals surface area (Å²) in [6, 6.07) is 20.3. The second kappa shape index (κ2) is 6.12. The van der Waals surface area contributed by atoms with Crippen molar-refractivity contribution in [2.24, 2.45) is 0 Å². The number of allylic oxidation sites excluding steroid dienone is 2. The van der Waals surface area contributed by atoms with Crippen LogP contribution in [0.5, 0.6) is 0 Å². The van der Waals surface area contributed by atoms with Crippen molar-refractivity contribution in [2.45, 2.75) is 6.92 Å². The zero-order valence-corrected chi connectivity index (χ0v) is 11.1. The lowest BCUT2D eigenvalue weighted by Crippen LogP contribution is -2.00. The smallest absolute Gasteiger partial charge is 0.0381 e. The molecule has 1 N–H and O–H groups in total. The topological polar surface area (TPSA) is 12.0 Å². The molecule has 0 aliphatic heterocycles. The quantitative estimate of drug-likeness (QED) is 0.634. The van der Waals surface area contributed by atoms with Gasteiger partial charge in [0, 0.05) is 22.3 Å². The van der Waals surface area contributed by atoms with E-state index in [1.165, 1.54) is 0 Å². The Morgan fingerprint density at radius 3 is 2.06 bits per heavy atom. The lowest BCUT2D eigenvalue weighted by atomic mass is 10.1. The standard InChI is InChI=1S/C16H15NS/c1-13(17-15-10-6-3-7-11-15)16(12-18)14-8-4-2-5-9-14/h2-12,17H,1H3. The normalized spacial score (nSPS) is 11.6. The van der Waals surface area contributed by atoms with Crippen molar-refractivity contribution in [3.8, 4) is 0 Å². The first-order chi connectivity index (χ1) is 8.81. The van der Waals surface area contributed by atoms with Gasteiger partial charge in [0.05, 0.1) is 0 Å². The highest BCUT2D eigenvalue weighted by Crippen LogP contribution is 2.19. The van der Waals surface area contributed by atoms with E-state index < -0.39 is 0 Å². The van der Waals surface area contributed by atoms with E-state index in [2.05, 4.69) is 17.4 Å². The van der Waals surface area contributed by atoms with Gasteiger partial charge < -0.3 is 5.32 Å². The second-order valence-corrected chi connectivity index (χ2v) is 4.25. The van der Waals surface area contributed by atoms with Gasteiger partial charge in [0.2, 0.25) is 0 Å². The number of nitrogens with one attached hydrogen (secondary N) is 1. The fraction of sp³-hybridized carbons (Fsp3) is 0.0625. The van der Waals surface area contributed by atoms with Crippen LogP contribution in [0.2, 0.25) is 0 Å². The highest BCUT2D eigenvalue weighted by atomic mass is 32.1. The van der Waals surface area contributed by atoms with Gasteiger partial charge in [0.1, 0.15) is 0 Å². The summed E-state index contributed by atoms with van der Waals surface area (Å²) in [7, 11) is 0. The Bertz CT molecular complexity index is 544. The Hall–Kier alpha value is -1.93. The maximum absolute atomic E-state index is 5.13. The van der Waals surface area contributed by atoms with Crippen LogP contribution in [0.1, 0.15) is 12.5 Å². The van der Waals surface area contributed by atoms with Crippen molar-refractivity contribution in [1.82, 2.24) is 0 Å². The van der Waals surface area contributed by atoms with E-state index in [9.17, 15) is 0 Å². The third-order valence-electron chi connectivity index (χ3n) is 2.71. The van der Waals surface area contributed by atoms with Crippen molar-refractivity contribution in [3.05, 3.63) is 71.9 Å². The van der Waals surface area contributed by atoms with E-state index >= 15 is 0 Å². The average Bonchev–Trinajstić information content (AvgIpc) is 2.42. The van der Waals surface area contributed by atoms with E-state index in [1.54, 1.807) is 5.37 Å². The van der Waals surface area contributed by atoms with Crippen LogP contribution < -0.4 is 5.32 Å². The minimum absolute atomic E-state index is 1.05. The Kier molecular flexibility index (Phi) is 4.26. The molecule has 0 saturated carbocycles. The summed E-state index contributed by atoms with van der Waals surface area (Å²) in [6.07, 6.45) is 0. The maximum atomic E-state index is 5.13. The van der Waals surface area contributed by atoms with Gasteiger partial charge in [-0.1, -0.05) is 60.7 Å². The summed E-state index contributed by atoms with van der Waals surface area (Å²) >= 11 is 5.13. The van der Waals surface area contributed by atoms with E-state index in [1.807, 2.05) is 55.5 Å². The summed E-state index contributed by atoms with van der Waals surface area (Å²) in [5.74, 6) is 0. The van der Waals surface area contributed by atoms with Crippen molar-refractivity contribution < 1.29 is 0 Å². The summed E-state index contributed by atoms with van der Waals surface area (Å²) in [5, 5.41) is 5.10. The highest BCUT2D eigenvalue weighted by molar-refractivity contribution is 7.79. The first-order valence-corrected chi connectivity index (χ1v) is 6.32. The van der Waals surface area contributed by atoms with E-state index in [-0.39, 0.29) is 0 Å². The average molecular weight is 253 g/mol. The van der Waals surface area contributed by atoms with Crippen LogP contribution >= 0.6 is 12.2 Å².